The largest absolute Gasteiger partial charge is 0.343 e. The van der Waals surface area contributed by atoms with Crippen molar-refractivity contribution in [3.8, 4) is 0 Å². The number of benzene rings is 2. The Morgan fingerprint density at radius 2 is 1.87 bits per heavy atom. The van der Waals surface area contributed by atoms with Gasteiger partial charge in [-0.2, -0.15) is 5.10 Å². The van der Waals surface area contributed by atoms with Crippen LogP contribution < -0.4 is 10.6 Å². The Bertz CT molecular complexity index is 1180. The Labute approximate surface area is 178 Å². The number of rotatable bonds is 3. The summed E-state index contributed by atoms with van der Waals surface area (Å²) in [5.74, 6) is 0.394. The fourth-order valence-corrected chi connectivity index (χ4v) is 4.37. The summed E-state index contributed by atoms with van der Waals surface area (Å²) in [4.78, 5) is 25.8. The first kappa shape index (κ1) is 18.6. The smallest absolute Gasteiger partial charge is 0.261 e. The summed E-state index contributed by atoms with van der Waals surface area (Å²) in [5.41, 5.74) is 3.44. The van der Waals surface area contributed by atoms with E-state index in [1.165, 1.54) is 6.20 Å². The molecule has 0 spiro atoms. The molecule has 0 fully saturated rings. The van der Waals surface area contributed by atoms with Crippen molar-refractivity contribution in [1.82, 2.24) is 9.78 Å². The lowest BCUT2D eigenvalue weighted by molar-refractivity contribution is -0.116. The SMILES string of the molecule is O=C1CCCC2=C1[C@@H](c1ccccc1Cl)n1ncc(C(=O)Nc3ccccc3)c1N2. The first-order chi connectivity index (χ1) is 14.6. The van der Waals surface area contributed by atoms with Crippen LogP contribution in [0.1, 0.15) is 41.2 Å². The van der Waals surface area contributed by atoms with Gasteiger partial charge in [0.2, 0.25) is 0 Å². The maximum atomic E-state index is 13.0. The predicted molar refractivity (Wildman–Crippen MR) is 116 cm³/mol. The fourth-order valence-electron chi connectivity index (χ4n) is 4.13. The highest BCUT2D eigenvalue weighted by Crippen LogP contribution is 2.43. The van der Waals surface area contributed by atoms with Crippen molar-refractivity contribution in [2.24, 2.45) is 0 Å². The van der Waals surface area contributed by atoms with Gasteiger partial charge in [0.25, 0.3) is 5.91 Å². The van der Waals surface area contributed by atoms with Gasteiger partial charge in [-0.25, -0.2) is 4.68 Å². The maximum absolute atomic E-state index is 13.0. The first-order valence-corrected chi connectivity index (χ1v) is 10.2. The number of halogens is 1. The Morgan fingerprint density at radius 1 is 1.10 bits per heavy atom. The van der Waals surface area contributed by atoms with Crippen LogP contribution in [0.5, 0.6) is 0 Å². The Morgan fingerprint density at radius 3 is 2.67 bits per heavy atom. The van der Waals surface area contributed by atoms with E-state index in [1.54, 1.807) is 10.7 Å². The molecule has 6 nitrogen and oxygen atoms in total. The van der Waals surface area contributed by atoms with E-state index in [0.717, 1.165) is 24.1 Å². The van der Waals surface area contributed by atoms with E-state index in [4.69, 9.17) is 11.6 Å². The summed E-state index contributed by atoms with van der Waals surface area (Å²) >= 11 is 6.50. The Hall–Kier alpha value is -3.38. The Kier molecular flexibility index (Phi) is 4.64. The minimum Gasteiger partial charge on any atom is -0.343 e. The van der Waals surface area contributed by atoms with E-state index in [0.29, 0.717) is 34.1 Å². The lowest BCUT2D eigenvalue weighted by atomic mass is 9.85. The van der Waals surface area contributed by atoms with Gasteiger partial charge in [-0.05, 0) is 36.6 Å². The molecule has 2 N–H and O–H groups in total. The van der Waals surface area contributed by atoms with Crippen LogP contribution in [0, 0.1) is 0 Å². The van der Waals surface area contributed by atoms with E-state index in [9.17, 15) is 9.59 Å². The number of aromatic nitrogens is 2. The number of fused-ring (bicyclic) bond motifs is 1. The number of hydrogen-bond acceptors (Lipinski definition) is 4. The molecule has 1 amide bonds. The number of allylic oxidation sites excluding steroid dienone is 2. The number of anilines is 2. The van der Waals surface area contributed by atoms with Gasteiger partial charge in [0, 0.05) is 28.4 Å². The normalized spacial score (nSPS) is 17.8. The molecule has 0 bridgehead atoms. The van der Waals surface area contributed by atoms with E-state index in [2.05, 4.69) is 15.7 Å². The molecule has 5 rings (SSSR count). The highest BCUT2D eigenvalue weighted by atomic mass is 35.5. The van der Waals surface area contributed by atoms with Crippen LogP contribution >= 0.6 is 11.6 Å². The molecule has 0 saturated carbocycles. The average Bonchev–Trinajstić information content (AvgIpc) is 3.17. The third kappa shape index (κ3) is 3.09. The first-order valence-electron chi connectivity index (χ1n) is 9.85. The zero-order valence-corrected chi connectivity index (χ0v) is 16.8. The third-order valence-corrected chi connectivity index (χ3v) is 5.86. The van der Waals surface area contributed by atoms with Gasteiger partial charge in [0.1, 0.15) is 17.4 Å². The van der Waals surface area contributed by atoms with Crippen LogP contribution in [-0.2, 0) is 4.79 Å². The number of carbonyl (C=O) groups is 2. The lowest BCUT2D eigenvalue weighted by Gasteiger charge is -2.33. The number of Topliss-reactive ketones (excluding diaryl/α,β-unsaturated/α-hetero) is 1. The monoisotopic (exact) mass is 418 g/mol. The number of para-hydroxylation sites is 1. The van der Waals surface area contributed by atoms with Crippen LogP contribution in [0.4, 0.5) is 11.5 Å². The number of ketones is 1. The quantitative estimate of drug-likeness (QED) is 0.640. The molecule has 3 aromatic rings. The van der Waals surface area contributed by atoms with Crippen molar-refractivity contribution >= 4 is 34.8 Å². The molecule has 1 aliphatic carbocycles. The standard InChI is InChI=1S/C23H19ClN4O2/c24-17-10-5-4-9-15(17)21-20-18(11-6-12-19(20)29)27-22-16(13-25-28(21)22)23(30)26-14-7-2-1-3-8-14/h1-5,7-10,13,21,27H,6,11-12H2,(H,26,30)/t21-/m1/s1. The van der Waals surface area contributed by atoms with Gasteiger partial charge < -0.3 is 10.6 Å². The van der Waals surface area contributed by atoms with Crippen LogP contribution in [0.3, 0.4) is 0 Å². The second kappa shape index (κ2) is 7.46. The predicted octanol–water partition coefficient (Wildman–Crippen LogP) is 4.81. The highest BCUT2D eigenvalue weighted by molar-refractivity contribution is 6.31. The summed E-state index contributed by atoms with van der Waals surface area (Å²) < 4.78 is 1.70. The fraction of sp³-hybridized carbons (Fsp3) is 0.174. The molecule has 0 unspecified atom stereocenters. The molecule has 1 aliphatic heterocycles. The third-order valence-electron chi connectivity index (χ3n) is 5.51. The topological polar surface area (TPSA) is 76.0 Å². The highest BCUT2D eigenvalue weighted by Gasteiger charge is 2.38. The molecule has 1 aromatic heterocycles. The van der Waals surface area contributed by atoms with Gasteiger partial charge >= 0.3 is 0 Å². The summed E-state index contributed by atoms with van der Waals surface area (Å²) in [6, 6.07) is 16.3. The molecule has 0 saturated heterocycles. The van der Waals surface area contributed by atoms with Gasteiger partial charge in [-0.3, -0.25) is 9.59 Å². The van der Waals surface area contributed by atoms with E-state index in [-0.39, 0.29) is 11.7 Å². The summed E-state index contributed by atoms with van der Waals surface area (Å²) in [6.07, 6.45) is 3.55. The average molecular weight is 419 g/mol. The van der Waals surface area contributed by atoms with Crippen molar-refractivity contribution in [3.05, 3.63) is 88.2 Å². The molecular weight excluding hydrogens is 400 g/mol. The molecule has 1 atom stereocenters. The van der Waals surface area contributed by atoms with Gasteiger partial charge in [0.05, 0.1) is 6.20 Å². The number of amides is 1. The van der Waals surface area contributed by atoms with Gasteiger partial charge in [-0.1, -0.05) is 48.0 Å². The van der Waals surface area contributed by atoms with Crippen molar-refractivity contribution in [3.63, 3.8) is 0 Å². The van der Waals surface area contributed by atoms with Crippen molar-refractivity contribution in [2.75, 3.05) is 10.6 Å². The van der Waals surface area contributed by atoms with Gasteiger partial charge in [0.15, 0.2) is 5.78 Å². The number of nitrogens with zero attached hydrogens (tertiary/aromatic N) is 2. The van der Waals surface area contributed by atoms with Gasteiger partial charge in [-0.15, -0.1) is 0 Å². The zero-order chi connectivity index (χ0) is 20.7. The second-order valence-electron chi connectivity index (χ2n) is 7.39. The van der Waals surface area contributed by atoms with Crippen LogP contribution in [-0.4, -0.2) is 21.5 Å². The van der Waals surface area contributed by atoms with Crippen molar-refractivity contribution < 1.29 is 9.59 Å². The van der Waals surface area contributed by atoms with E-state index >= 15 is 0 Å². The van der Waals surface area contributed by atoms with Crippen LogP contribution in [0.25, 0.3) is 0 Å². The molecule has 150 valence electrons. The molecule has 0 radical (unpaired) electrons. The van der Waals surface area contributed by atoms with Crippen LogP contribution in [0.15, 0.2) is 72.1 Å². The van der Waals surface area contributed by atoms with E-state index < -0.39 is 6.04 Å². The molecule has 30 heavy (non-hydrogen) atoms. The molecule has 2 aromatic carbocycles. The zero-order valence-electron chi connectivity index (χ0n) is 16.1. The minimum absolute atomic E-state index is 0.0881. The van der Waals surface area contributed by atoms with E-state index in [1.807, 2.05) is 48.5 Å². The van der Waals surface area contributed by atoms with Crippen LogP contribution in [0.2, 0.25) is 5.02 Å². The number of carbonyl (C=O) groups excluding carboxylic acids is 2. The summed E-state index contributed by atoms with van der Waals surface area (Å²) in [7, 11) is 0. The minimum atomic E-state index is -0.462. The maximum Gasteiger partial charge on any atom is 0.261 e. The van der Waals surface area contributed by atoms with Crippen molar-refractivity contribution in [2.45, 2.75) is 25.3 Å². The molecular formula is C23H19ClN4O2. The number of hydrogen-bond donors (Lipinski definition) is 2. The molecule has 7 heteroatoms. The second-order valence-corrected chi connectivity index (χ2v) is 7.80. The Balaban J connectivity index is 1.61. The molecule has 2 aliphatic rings. The number of nitrogens with one attached hydrogen (secondary N) is 2. The summed E-state index contributed by atoms with van der Waals surface area (Å²) in [6.45, 7) is 0. The summed E-state index contributed by atoms with van der Waals surface area (Å²) in [5, 5.41) is 11.3. The molecule has 2 heterocycles. The van der Waals surface area contributed by atoms with Crippen molar-refractivity contribution in [1.29, 1.82) is 0 Å². The lowest BCUT2D eigenvalue weighted by Crippen LogP contribution is -2.32.